The monoisotopic (exact) mass is 410 g/mol. The second-order valence-corrected chi connectivity index (χ2v) is 6.66. The van der Waals surface area contributed by atoms with E-state index in [0.717, 1.165) is 10.3 Å². The van der Waals surface area contributed by atoms with Crippen LogP contribution in [0.15, 0.2) is 34.8 Å². The summed E-state index contributed by atoms with van der Waals surface area (Å²) in [6.07, 6.45) is 0. The number of benzene rings is 1. The van der Waals surface area contributed by atoms with Crippen LogP contribution in [0, 0.1) is 0 Å². The molecule has 2 aromatic rings. The lowest BCUT2D eigenvalue weighted by atomic mass is 10.2. The van der Waals surface area contributed by atoms with E-state index in [1.165, 1.54) is 0 Å². The maximum Gasteiger partial charge on any atom is 0.255 e. The minimum atomic E-state index is -0.0539. The zero-order valence-corrected chi connectivity index (χ0v) is 15.4. The third-order valence-corrected chi connectivity index (χ3v) is 4.71. The molecule has 0 unspecified atom stereocenters. The first kappa shape index (κ1) is 17.0. The highest BCUT2D eigenvalue weighted by molar-refractivity contribution is 9.10. The normalized spacial score (nSPS) is 14.6. The summed E-state index contributed by atoms with van der Waals surface area (Å²) in [4.78, 5) is 16.6. The summed E-state index contributed by atoms with van der Waals surface area (Å²) in [5.74, 6) is 1.21. The highest BCUT2D eigenvalue weighted by Crippen LogP contribution is 2.23. The first-order chi connectivity index (χ1) is 11.6. The molecule has 126 valence electrons. The minimum Gasteiger partial charge on any atom is -0.480 e. The lowest BCUT2D eigenvalue weighted by Gasteiger charge is -2.35. The molecule has 6 nitrogen and oxygen atoms in total. The van der Waals surface area contributed by atoms with Crippen molar-refractivity contribution in [2.45, 2.75) is 0 Å². The van der Waals surface area contributed by atoms with E-state index in [-0.39, 0.29) is 5.91 Å². The number of carbonyl (C=O) groups excluding carboxylic acids is 1. The van der Waals surface area contributed by atoms with E-state index in [4.69, 9.17) is 16.3 Å². The number of nitrogens with zero attached hydrogens (tertiary/aromatic N) is 4. The van der Waals surface area contributed by atoms with Gasteiger partial charge in [0, 0.05) is 36.7 Å². The second-order valence-electron chi connectivity index (χ2n) is 5.34. The van der Waals surface area contributed by atoms with Gasteiger partial charge in [-0.3, -0.25) is 4.79 Å². The third kappa shape index (κ3) is 3.62. The molecule has 1 saturated heterocycles. The highest BCUT2D eigenvalue weighted by Gasteiger charge is 2.24. The van der Waals surface area contributed by atoms with Crippen LogP contribution in [-0.2, 0) is 0 Å². The third-order valence-electron chi connectivity index (χ3n) is 3.88. The second kappa shape index (κ2) is 7.36. The molecule has 1 aliphatic rings. The number of rotatable bonds is 3. The molecule has 0 N–H and O–H groups in total. The molecular formula is C16H16BrClN4O2. The standard InChI is InChI=1S/C16H16BrClN4O2/c1-24-15-5-4-14(19-20-15)21-6-8-22(9-7-21)16(23)12-10-11(17)2-3-13(12)18/h2-5,10H,6-9H2,1H3. The van der Waals surface area contributed by atoms with Gasteiger partial charge in [0.15, 0.2) is 5.82 Å². The average Bonchev–Trinajstić information content (AvgIpc) is 2.63. The van der Waals surface area contributed by atoms with E-state index >= 15 is 0 Å². The summed E-state index contributed by atoms with van der Waals surface area (Å²) in [5.41, 5.74) is 0.517. The van der Waals surface area contributed by atoms with Gasteiger partial charge in [0.05, 0.1) is 17.7 Å². The summed E-state index contributed by atoms with van der Waals surface area (Å²) in [7, 11) is 1.56. The van der Waals surface area contributed by atoms with Gasteiger partial charge >= 0.3 is 0 Å². The zero-order valence-electron chi connectivity index (χ0n) is 13.1. The van der Waals surface area contributed by atoms with Crippen LogP contribution in [0.5, 0.6) is 5.88 Å². The van der Waals surface area contributed by atoms with Gasteiger partial charge in [-0.1, -0.05) is 27.5 Å². The number of hydrogen-bond donors (Lipinski definition) is 0. The van der Waals surface area contributed by atoms with Crippen molar-refractivity contribution in [3.05, 3.63) is 45.4 Å². The SMILES string of the molecule is COc1ccc(N2CCN(C(=O)c3cc(Br)ccc3Cl)CC2)nn1. The molecule has 3 rings (SSSR count). The number of amides is 1. The molecule has 0 aliphatic carbocycles. The van der Waals surface area contributed by atoms with Gasteiger partial charge in [0.2, 0.25) is 5.88 Å². The smallest absolute Gasteiger partial charge is 0.255 e. The Bertz CT molecular complexity index is 733. The fourth-order valence-electron chi connectivity index (χ4n) is 2.56. The van der Waals surface area contributed by atoms with Crippen molar-refractivity contribution in [3.63, 3.8) is 0 Å². The Kier molecular flexibility index (Phi) is 5.20. The van der Waals surface area contributed by atoms with Crippen LogP contribution in [-0.4, -0.2) is 54.3 Å². The Hall–Kier alpha value is -1.86. The molecule has 0 saturated carbocycles. The minimum absolute atomic E-state index is 0.0539. The van der Waals surface area contributed by atoms with Crippen molar-refractivity contribution >= 4 is 39.3 Å². The molecule has 0 atom stereocenters. The van der Waals surface area contributed by atoms with Crippen molar-refractivity contribution in [2.24, 2.45) is 0 Å². The Labute approximate surface area is 153 Å². The molecular weight excluding hydrogens is 396 g/mol. The van der Waals surface area contributed by atoms with E-state index in [2.05, 4.69) is 31.0 Å². The maximum atomic E-state index is 12.7. The van der Waals surface area contributed by atoms with Gasteiger partial charge in [0.1, 0.15) is 0 Å². The van der Waals surface area contributed by atoms with Gasteiger partial charge in [-0.05, 0) is 24.3 Å². The van der Waals surface area contributed by atoms with Crippen LogP contribution in [0.1, 0.15) is 10.4 Å². The predicted octanol–water partition coefficient (Wildman–Crippen LogP) is 2.86. The summed E-state index contributed by atoms with van der Waals surface area (Å²) in [6, 6.07) is 8.95. The fourth-order valence-corrected chi connectivity index (χ4v) is 3.12. The molecule has 1 fully saturated rings. The molecule has 8 heteroatoms. The highest BCUT2D eigenvalue weighted by atomic mass is 79.9. The number of hydrogen-bond acceptors (Lipinski definition) is 5. The van der Waals surface area contributed by atoms with Crippen molar-refractivity contribution in [2.75, 3.05) is 38.2 Å². The van der Waals surface area contributed by atoms with Crippen LogP contribution in [0.4, 0.5) is 5.82 Å². The summed E-state index contributed by atoms with van der Waals surface area (Å²) >= 11 is 9.53. The Morgan fingerprint density at radius 2 is 1.92 bits per heavy atom. The predicted molar refractivity (Wildman–Crippen MR) is 95.9 cm³/mol. The van der Waals surface area contributed by atoms with Gasteiger partial charge in [-0.2, -0.15) is 0 Å². The number of ether oxygens (including phenoxy) is 1. The van der Waals surface area contributed by atoms with Crippen molar-refractivity contribution in [3.8, 4) is 5.88 Å². The first-order valence-corrected chi connectivity index (χ1v) is 8.62. The number of aromatic nitrogens is 2. The first-order valence-electron chi connectivity index (χ1n) is 7.45. The van der Waals surface area contributed by atoms with Crippen LogP contribution in [0.3, 0.4) is 0 Å². The van der Waals surface area contributed by atoms with Gasteiger partial charge in [-0.15, -0.1) is 10.2 Å². The van der Waals surface area contributed by atoms with Crippen LogP contribution in [0.2, 0.25) is 5.02 Å². The number of halogens is 2. The Morgan fingerprint density at radius 3 is 2.54 bits per heavy atom. The van der Waals surface area contributed by atoms with Crippen LogP contribution >= 0.6 is 27.5 Å². The molecule has 0 bridgehead atoms. The lowest BCUT2D eigenvalue weighted by Crippen LogP contribution is -2.49. The fraction of sp³-hybridized carbons (Fsp3) is 0.312. The molecule has 1 aromatic carbocycles. The van der Waals surface area contributed by atoms with Crippen molar-refractivity contribution in [1.29, 1.82) is 0 Å². The zero-order chi connectivity index (χ0) is 17.1. The molecule has 1 aromatic heterocycles. The maximum absolute atomic E-state index is 12.7. The van der Waals surface area contributed by atoms with E-state index < -0.39 is 0 Å². The molecule has 1 aliphatic heterocycles. The number of methoxy groups -OCH3 is 1. The van der Waals surface area contributed by atoms with E-state index in [1.54, 1.807) is 30.2 Å². The summed E-state index contributed by atoms with van der Waals surface area (Å²) in [6.45, 7) is 2.60. The molecule has 1 amide bonds. The molecule has 0 spiro atoms. The number of anilines is 1. The van der Waals surface area contributed by atoms with Crippen LogP contribution < -0.4 is 9.64 Å². The van der Waals surface area contributed by atoms with Crippen molar-refractivity contribution in [1.82, 2.24) is 15.1 Å². The lowest BCUT2D eigenvalue weighted by molar-refractivity contribution is 0.0746. The Balaban J connectivity index is 1.65. The van der Waals surface area contributed by atoms with Crippen molar-refractivity contribution < 1.29 is 9.53 Å². The van der Waals surface area contributed by atoms with Gasteiger partial charge in [0.25, 0.3) is 5.91 Å². The quantitative estimate of drug-likeness (QED) is 0.777. The molecule has 0 radical (unpaired) electrons. The van der Waals surface area contributed by atoms with Gasteiger partial charge in [-0.25, -0.2) is 0 Å². The van der Waals surface area contributed by atoms with E-state index in [0.29, 0.717) is 42.6 Å². The average molecular weight is 412 g/mol. The number of piperazine rings is 1. The van der Waals surface area contributed by atoms with Gasteiger partial charge < -0.3 is 14.5 Å². The Morgan fingerprint density at radius 1 is 1.17 bits per heavy atom. The number of carbonyl (C=O) groups is 1. The molecule has 2 heterocycles. The largest absolute Gasteiger partial charge is 0.480 e. The summed E-state index contributed by atoms with van der Waals surface area (Å²) < 4.78 is 5.85. The van der Waals surface area contributed by atoms with Crippen LogP contribution in [0.25, 0.3) is 0 Å². The van der Waals surface area contributed by atoms with E-state index in [9.17, 15) is 4.79 Å². The molecule has 24 heavy (non-hydrogen) atoms. The summed E-state index contributed by atoms with van der Waals surface area (Å²) in [5, 5.41) is 8.59. The van der Waals surface area contributed by atoms with E-state index in [1.807, 2.05) is 12.1 Å². The topological polar surface area (TPSA) is 58.6 Å².